The van der Waals surface area contributed by atoms with Crippen LogP contribution in [0.1, 0.15) is 27.2 Å². The van der Waals surface area contributed by atoms with Crippen LogP contribution in [0.25, 0.3) is 0 Å². The molecule has 0 bridgehead atoms. The van der Waals surface area contributed by atoms with E-state index in [4.69, 9.17) is 4.43 Å². The molecule has 15 heavy (non-hydrogen) atoms. The fourth-order valence-electron chi connectivity index (χ4n) is 0.865. The van der Waals surface area contributed by atoms with Crippen molar-refractivity contribution >= 4 is 18.2 Å². The van der Waals surface area contributed by atoms with E-state index in [2.05, 4.69) is 33.9 Å². The molecular weight excluding hydrogens is 228 g/mol. The van der Waals surface area contributed by atoms with Gasteiger partial charge in [0.05, 0.1) is 5.75 Å². The van der Waals surface area contributed by atoms with E-state index in [-0.39, 0.29) is 10.8 Å². The van der Waals surface area contributed by atoms with Crippen LogP contribution in [0.2, 0.25) is 18.1 Å². The highest BCUT2D eigenvalue weighted by Crippen LogP contribution is 2.36. The van der Waals surface area contributed by atoms with Crippen LogP contribution in [-0.4, -0.2) is 35.4 Å². The summed E-state index contributed by atoms with van der Waals surface area (Å²) in [5.74, 6) is 0.224. The molecule has 5 heteroatoms. The molecule has 0 radical (unpaired) electrons. The lowest BCUT2D eigenvalue weighted by Gasteiger charge is -2.36. The van der Waals surface area contributed by atoms with Crippen LogP contribution in [0, 0.1) is 0 Å². The zero-order valence-electron chi connectivity index (χ0n) is 10.8. The first-order valence-electron chi connectivity index (χ1n) is 5.27. The lowest BCUT2D eigenvalue weighted by atomic mass is 10.2. The Kier molecular flexibility index (Phi) is 5.01. The number of rotatable bonds is 5. The molecule has 0 aliphatic rings. The molecule has 0 aromatic rings. The van der Waals surface area contributed by atoms with Gasteiger partial charge in [-0.3, -0.25) is 0 Å². The molecule has 0 saturated heterocycles. The largest absolute Gasteiger partial charge is 0.417 e. The zero-order chi connectivity index (χ0) is 12.3. The summed E-state index contributed by atoms with van der Waals surface area (Å²) in [4.78, 5) is 0. The quantitative estimate of drug-likeness (QED) is 0.557. The van der Waals surface area contributed by atoms with Gasteiger partial charge >= 0.3 is 0 Å². The van der Waals surface area contributed by atoms with Crippen LogP contribution in [0.3, 0.4) is 0 Å². The Morgan fingerprint density at radius 2 is 1.67 bits per heavy atom. The summed E-state index contributed by atoms with van der Waals surface area (Å²) in [6.07, 6.45) is 1.87. The topological polar surface area (TPSA) is 43.4 Å². The van der Waals surface area contributed by atoms with Crippen molar-refractivity contribution in [2.24, 2.45) is 0 Å². The number of sulfone groups is 1. The van der Waals surface area contributed by atoms with Crippen molar-refractivity contribution in [3.8, 4) is 0 Å². The van der Waals surface area contributed by atoms with Gasteiger partial charge in [0.1, 0.15) is 9.84 Å². The van der Waals surface area contributed by atoms with E-state index in [1.54, 1.807) is 0 Å². The molecule has 0 heterocycles. The third kappa shape index (κ3) is 6.32. The van der Waals surface area contributed by atoms with E-state index in [9.17, 15) is 8.42 Å². The maximum atomic E-state index is 10.9. The van der Waals surface area contributed by atoms with Gasteiger partial charge in [0.2, 0.25) is 0 Å². The lowest BCUT2D eigenvalue weighted by Crippen LogP contribution is -2.41. The van der Waals surface area contributed by atoms with Crippen molar-refractivity contribution in [3.63, 3.8) is 0 Å². The Labute approximate surface area is 95.3 Å². The normalized spacial score (nSPS) is 14.3. The van der Waals surface area contributed by atoms with Gasteiger partial charge in [-0.25, -0.2) is 8.42 Å². The molecule has 0 fully saturated rings. The second-order valence-electron chi connectivity index (χ2n) is 5.59. The smallest absolute Gasteiger partial charge is 0.191 e. The van der Waals surface area contributed by atoms with E-state index in [0.29, 0.717) is 13.0 Å². The van der Waals surface area contributed by atoms with Gasteiger partial charge in [-0.15, -0.1) is 0 Å². The highest BCUT2D eigenvalue weighted by Gasteiger charge is 2.36. The van der Waals surface area contributed by atoms with Gasteiger partial charge in [-0.05, 0) is 24.6 Å². The van der Waals surface area contributed by atoms with Crippen molar-refractivity contribution in [1.82, 2.24) is 0 Å². The Balaban J connectivity index is 3.98. The van der Waals surface area contributed by atoms with Gasteiger partial charge in [-0.1, -0.05) is 20.8 Å². The van der Waals surface area contributed by atoms with Crippen LogP contribution in [0.15, 0.2) is 0 Å². The first kappa shape index (κ1) is 15.1. The summed E-state index contributed by atoms with van der Waals surface area (Å²) >= 11 is 0. The molecule has 0 atom stereocenters. The Hall–Kier alpha value is 0.127. The summed E-state index contributed by atoms with van der Waals surface area (Å²) in [6.45, 7) is 11.4. The molecular formula is C10H24O3SSi. The maximum Gasteiger partial charge on any atom is 0.191 e. The Morgan fingerprint density at radius 3 is 2.00 bits per heavy atom. The summed E-state index contributed by atoms with van der Waals surface area (Å²) in [6, 6.07) is 0. The van der Waals surface area contributed by atoms with Crippen LogP contribution >= 0.6 is 0 Å². The molecule has 3 nitrogen and oxygen atoms in total. The Morgan fingerprint density at radius 1 is 1.20 bits per heavy atom. The molecule has 0 amide bonds. The fourth-order valence-corrected chi connectivity index (χ4v) is 2.59. The van der Waals surface area contributed by atoms with E-state index >= 15 is 0 Å². The minimum absolute atomic E-state index is 0.193. The lowest BCUT2D eigenvalue weighted by molar-refractivity contribution is 0.288. The van der Waals surface area contributed by atoms with Gasteiger partial charge < -0.3 is 4.43 Å². The molecule has 0 spiro atoms. The predicted molar refractivity (Wildman–Crippen MR) is 67.5 cm³/mol. The van der Waals surface area contributed by atoms with E-state index in [0.717, 1.165) is 0 Å². The average Bonchev–Trinajstić information content (AvgIpc) is 1.94. The Bertz CT molecular complexity index is 288. The minimum atomic E-state index is -2.84. The molecule has 0 N–H and O–H groups in total. The van der Waals surface area contributed by atoms with Gasteiger partial charge in [0.25, 0.3) is 0 Å². The standard InChI is InChI=1S/C10H24O3SSi/c1-10(2,3)15(5,6)13-8-7-9-14(4,11)12/h7-9H2,1-6H3. The minimum Gasteiger partial charge on any atom is -0.417 e. The first-order valence-corrected chi connectivity index (χ1v) is 10.2. The summed E-state index contributed by atoms with van der Waals surface area (Å²) in [5.41, 5.74) is 0. The third-order valence-corrected chi connectivity index (χ3v) is 8.50. The second-order valence-corrected chi connectivity index (χ2v) is 12.7. The van der Waals surface area contributed by atoms with Crippen molar-refractivity contribution in [2.45, 2.75) is 45.3 Å². The number of hydrogen-bond acceptors (Lipinski definition) is 3. The molecule has 0 saturated carbocycles. The van der Waals surface area contributed by atoms with E-state index in [1.165, 1.54) is 6.26 Å². The monoisotopic (exact) mass is 252 g/mol. The molecule has 0 rings (SSSR count). The summed E-state index contributed by atoms with van der Waals surface area (Å²) in [5, 5.41) is 0.193. The first-order chi connectivity index (χ1) is 6.46. The molecule has 0 aliphatic carbocycles. The molecule has 0 aromatic carbocycles. The van der Waals surface area contributed by atoms with Crippen molar-refractivity contribution < 1.29 is 12.8 Å². The summed E-state index contributed by atoms with van der Waals surface area (Å²) < 4.78 is 27.7. The maximum absolute atomic E-state index is 10.9. The van der Waals surface area contributed by atoms with Crippen molar-refractivity contribution in [3.05, 3.63) is 0 Å². The molecule has 0 aromatic heterocycles. The number of hydrogen-bond donors (Lipinski definition) is 0. The van der Waals surface area contributed by atoms with Crippen molar-refractivity contribution in [2.75, 3.05) is 18.6 Å². The van der Waals surface area contributed by atoms with Crippen LogP contribution < -0.4 is 0 Å². The van der Waals surface area contributed by atoms with Gasteiger partial charge in [-0.2, -0.15) is 0 Å². The molecule has 0 unspecified atom stereocenters. The van der Waals surface area contributed by atoms with Crippen molar-refractivity contribution in [1.29, 1.82) is 0 Å². The SMILES string of the molecule is CC(C)(C)[Si](C)(C)OCCCS(C)(=O)=O. The van der Waals surface area contributed by atoms with E-state index in [1.807, 2.05) is 0 Å². The zero-order valence-corrected chi connectivity index (χ0v) is 12.6. The predicted octanol–water partition coefficient (Wildman–Crippen LogP) is 2.44. The summed E-state index contributed by atoms with van der Waals surface area (Å²) in [7, 11) is -4.54. The third-order valence-electron chi connectivity index (χ3n) is 2.93. The van der Waals surface area contributed by atoms with Gasteiger partial charge in [0, 0.05) is 12.9 Å². The van der Waals surface area contributed by atoms with Crippen LogP contribution in [0.4, 0.5) is 0 Å². The van der Waals surface area contributed by atoms with Gasteiger partial charge in [0.15, 0.2) is 8.32 Å². The van der Waals surface area contributed by atoms with Crippen LogP contribution in [0.5, 0.6) is 0 Å². The second kappa shape index (κ2) is 4.97. The highest BCUT2D eigenvalue weighted by atomic mass is 32.2. The highest BCUT2D eigenvalue weighted by molar-refractivity contribution is 7.90. The fraction of sp³-hybridized carbons (Fsp3) is 1.00. The average molecular weight is 252 g/mol. The molecule has 0 aliphatic heterocycles. The van der Waals surface area contributed by atoms with E-state index < -0.39 is 18.2 Å². The van der Waals surface area contributed by atoms with Crippen LogP contribution in [-0.2, 0) is 14.3 Å². The molecule has 92 valence electrons.